The first-order valence-corrected chi connectivity index (χ1v) is 10.0. The zero-order chi connectivity index (χ0) is 17.5. The van der Waals surface area contributed by atoms with Crippen molar-refractivity contribution in [2.45, 2.75) is 44.9 Å². The second kappa shape index (κ2) is 9.22. The highest BCUT2D eigenvalue weighted by Gasteiger charge is 2.26. The molecule has 140 valence electrons. The van der Waals surface area contributed by atoms with Crippen molar-refractivity contribution in [3.8, 4) is 0 Å². The SMILES string of the molecule is CCNC(=NCCCCN1CCCC1)N1CCC(c2cnn(C)c2)C1. The van der Waals surface area contributed by atoms with Crippen molar-refractivity contribution in [3.05, 3.63) is 18.0 Å². The van der Waals surface area contributed by atoms with Crippen LogP contribution in [0.5, 0.6) is 0 Å². The van der Waals surface area contributed by atoms with Crippen molar-refractivity contribution >= 4 is 5.96 Å². The highest BCUT2D eigenvalue weighted by molar-refractivity contribution is 5.80. The summed E-state index contributed by atoms with van der Waals surface area (Å²) in [5.74, 6) is 1.67. The van der Waals surface area contributed by atoms with E-state index in [0.717, 1.165) is 32.1 Å². The molecular weight excluding hydrogens is 312 g/mol. The number of rotatable bonds is 7. The minimum atomic E-state index is 0.577. The number of likely N-dealkylation sites (tertiary alicyclic amines) is 2. The maximum Gasteiger partial charge on any atom is 0.193 e. The van der Waals surface area contributed by atoms with Gasteiger partial charge in [-0.25, -0.2) is 0 Å². The Morgan fingerprint density at radius 2 is 2.12 bits per heavy atom. The van der Waals surface area contributed by atoms with Gasteiger partial charge >= 0.3 is 0 Å². The second-order valence-electron chi connectivity index (χ2n) is 7.37. The van der Waals surface area contributed by atoms with Gasteiger partial charge in [0.15, 0.2) is 5.96 Å². The number of hydrogen-bond acceptors (Lipinski definition) is 3. The van der Waals surface area contributed by atoms with E-state index in [2.05, 4.69) is 33.3 Å². The summed E-state index contributed by atoms with van der Waals surface area (Å²) in [6, 6.07) is 0. The monoisotopic (exact) mass is 346 g/mol. The van der Waals surface area contributed by atoms with Gasteiger partial charge in [-0.1, -0.05) is 0 Å². The molecule has 2 aliphatic rings. The van der Waals surface area contributed by atoms with Crippen LogP contribution in [0.2, 0.25) is 0 Å². The predicted octanol–water partition coefficient (Wildman–Crippen LogP) is 2.05. The van der Waals surface area contributed by atoms with Gasteiger partial charge in [-0.05, 0) is 64.2 Å². The van der Waals surface area contributed by atoms with Crippen molar-refractivity contribution in [2.24, 2.45) is 12.0 Å². The minimum absolute atomic E-state index is 0.577. The van der Waals surface area contributed by atoms with Gasteiger partial charge in [0.25, 0.3) is 0 Å². The summed E-state index contributed by atoms with van der Waals surface area (Å²) >= 11 is 0. The Kier molecular flexibility index (Phi) is 6.73. The molecule has 3 rings (SSSR count). The Morgan fingerprint density at radius 3 is 2.84 bits per heavy atom. The van der Waals surface area contributed by atoms with Gasteiger partial charge in [-0.2, -0.15) is 5.10 Å². The maximum atomic E-state index is 4.89. The van der Waals surface area contributed by atoms with E-state index in [1.807, 2.05) is 17.9 Å². The number of aromatic nitrogens is 2. The molecule has 0 radical (unpaired) electrons. The number of unbranched alkanes of at least 4 members (excludes halogenated alkanes) is 1. The van der Waals surface area contributed by atoms with E-state index in [-0.39, 0.29) is 0 Å². The molecule has 0 amide bonds. The Balaban J connectivity index is 1.45. The minimum Gasteiger partial charge on any atom is -0.357 e. The molecule has 1 aromatic heterocycles. The molecule has 6 heteroatoms. The molecule has 1 N–H and O–H groups in total. The fourth-order valence-corrected chi connectivity index (χ4v) is 3.94. The zero-order valence-corrected chi connectivity index (χ0v) is 16.0. The largest absolute Gasteiger partial charge is 0.357 e. The van der Waals surface area contributed by atoms with Crippen LogP contribution in [0.1, 0.15) is 50.5 Å². The Hall–Kier alpha value is -1.56. The molecule has 0 saturated carbocycles. The number of guanidine groups is 1. The highest BCUT2D eigenvalue weighted by atomic mass is 15.3. The molecule has 0 aromatic carbocycles. The fraction of sp³-hybridized carbons (Fsp3) is 0.789. The molecule has 2 aliphatic heterocycles. The first-order chi connectivity index (χ1) is 12.3. The van der Waals surface area contributed by atoms with E-state index in [4.69, 9.17) is 4.99 Å². The third kappa shape index (κ3) is 5.21. The molecule has 1 unspecified atom stereocenters. The second-order valence-corrected chi connectivity index (χ2v) is 7.37. The fourth-order valence-electron chi connectivity index (χ4n) is 3.94. The van der Waals surface area contributed by atoms with E-state index >= 15 is 0 Å². The van der Waals surface area contributed by atoms with Crippen LogP contribution < -0.4 is 5.32 Å². The van der Waals surface area contributed by atoms with Crippen LogP contribution >= 0.6 is 0 Å². The van der Waals surface area contributed by atoms with Crippen LogP contribution in [0.15, 0.2) is 17.4 Å². The van der Waals surface area contributed by atoms with E-state index in [1.54, 1.807) is 0 Å². The smallest absolute Gasteiger partial charge is 0.193 e. The van der Waals surface area contributed by atoms with Crippen molar-refractivity contribution in [1.82, 2.24) is 24.9 Å². The van der Waals surface area contributed by atoms with Gasteiger partial charge in [0.05, 0.1) is 6.20 Å². The Morgan fingerprint density at radius 1 is 1.28 bits per heavy atom. The van der Waals surface area contributed by atoms with Crippen LogP contribution in [0.3, 0.4) is 0 Å². The van der Waals surface area contributed by atoms with E-state index in [1.165, 1.54) is 57.3 Å². The van der Waals surface area contributed by atoms with Crippen molar-refractivity contribution in [3.63, 3.8) is 0 Å². The summed E-state index contributed by atoms with van der Waals surface area (Å²) in [4.78, 5) is 9.89. The lowest BCUT2D eigenvalue weighted by molar-refractivity contribution is 0.331. The van der Waals surface area contributed by atoms with Crippen LogP contribution in [-0.2, 0) is 7.05 Å². The lowest BCUT2D eigenvalue weighted by Crippen LogP contribution is -2.40. The average Bonchev–Trinajstić information content (AvgIpc) is 3.35. The number of nitrogens with zero attached hydrogens (tertiary/aromatic N) is 5. The molecule has 0 bridgehead atoms. The van der Waals surface area contributed by atoms with Crippen molar-refractivity contribution < 1.29 is 0 Å². The van der Waals surface area contributed by atoms with Crippen LogP contribution in [0.4, 0.5) is 0 Å². The molecule has 0 spiro atoms. The summed E-state index contributed by atoms with van der Waals surface area (Å²) < 4.78 is 1.90. The van der Waals surface area contributed by atoms with E-state index in [9.17, 15) is 0 Å². The lowest BCUT2D eigenvalue weighted by atomic mass is 10.0. The topological polar surface area (TPSA) is 48.7 Å². The zero-order valence-electron chi connectivity index (χ0n) is 16.0. The number of nitrogens with one attached hydrogen (secondary N) is 1. The van der Waals surface area contributed by atoms with Gasteiger partial charge in [-0.3, -0.25) is 9.67 Å². The molecule has 25 heavy (non-hydrogen) atoms. The average molecular weight is 347 g/mol. The Labute approximate surface area is 152 Å². The molecule has 0 aliphatic carbocycles. The van der Waals surface area contributed by atoms with Gasteiger partial charge in [0.2, 0.25) is 0 Å². The standard InChI is InChI=1S/C19H34N6/c1-3-20-19(21-9-4-5-10-24-11-6-7-12-24)25-13-8-17(16-25)18-14-22-23(2)15-18/h14-15,17H,3-13,16H2,1-2H3,(H,20,21). The number of aryl methyl sites for hydroxylation is 1. The summed E-state index contributed by atoms with van der Waals surface area (Å²) in [5, 5.41) is 7.80. The van der Waals surface area contributed by atoms with E-state index in [0.29, 0.717) is 5.92 Å². The molecule has 1 aromatic rings. The first-order valence-electron chi connectivity index (χ1n) is 10.0. The molecule has 3 heterocycles. The molecular formula is C19H34N6. The summed E-state index contributed by atoms with van der Waals surface area (Å²) in [7, 11) is 1.99. The summed E-state index contributed by atoms with van der Waals surface area (Å²) in [5.41, 5.74) is 1.35. The van der Waals surface area contributed by atoms with Crippen molar-refractivity contribution in [1.29, 1.82) is 0 Å². The highest BCUT2D eigenvalue weighted by Crippen LogP contribution is 2.26. The Bertz CT molecular complexity index is 546. The van der Waals surface area contributed by atoms with Crippen LogP contribution in [-0.4, -0.2) is 71.4 Å². The lowest BCUT2D eigenvalue weighted by Gasteiger charge is -2.21. The molecule has 2 fully saturated rings. The van der Waals surface area contributed by atoms with Gasteiger partial charge in [-0.15, -0.1) is 0 Å². The summed E-state index contributed by atoms with van der Waals surface area (Å²) in [6.45, 7) is 10.00. The summed E-state index contributed by atoms with van der Waals surface area (Å²) in [6.07, 6.45) is 10.6. The van der Waals surface area contributed by atoms with Gasteiger partial charge in [0.1, 0.15) is 0 Å². The number of aliphatic imine (C=N–C) groups is 1. The van der Waals surface area contributed by atoms with Crippen LogP contribution in [0.25, 0.3) is 0 Å². The van der Waals surface area contributed by atoms with Crippen molar-refractivity contribution in [2.75, 3.05) is 45.8 Å². The molecule has 2 saturated heterocycles. The third-order valence-electron chi connectivity index (χ3n) is 5.36. The normalized spacial score (nSPS) is 22.1. The molecule has 6 nitrogen and oxygen atoms in total. The first kappa shape index (κ1) is 18.2. The third-order valence-corrected chi connectivity index (χ3v) is 5.36. The maximum absolute atomic E-state index is 4.89. The number of hydrogen-bond donors (Lipinski definition) is 1. The quantitative estimate of drug-likeness (QED) is 0.466. The molecule has 1 atom stereocenters. The van der Waals surface area contributed by atoms with Gasteiger partial charge in [0, 0.05) is 45.3 Å². The predicted molar refractivity (Wildman–Crippen MR) is 103 cm³/mol. The van der Waals surface area contributed by atoms with E-state index < -0.39 is 0 Å². The van der Waals surface area contributed by atoms with Crippen LogP contribution in [0, 0.1) is 0 Å². The van der Waals surface area contributed by atoms with Gasteiger partial charge < -0.3 is 15.1 Å².